The third-order valence-corrected chi connectivity index (χ3v) is 12.3. The Labute approximate surface area is 378 Å². The largest absolute Gasteiger partial charge is 0.491 e. The van der Waals surface area contributed by atoms with Crippen molar-refractivity contribution in [3.05, 3.63) is 40.6 Å². The number of hydrogen-bond donors (Lipinski definition) is 2. The van der Waals surface area contributed by atoms with Crippen LogP contribution in [0.4, 0.5) is 0 Å². The minimum atomic E-state index is -0.728. The van der Waals surface area contributed by atoms with Gasteiger partial charge in [0.2, 0.25) is 12.3 Å². The van der Waals surface area contributed by atoms with E-state index in [0.717, 1.165) is 35.6 Å². The molecule has 0 aliphatic heterocycles. The minimum absolute atomic E-state index is 0.0200. The number of nitrogens with zero attached hydrogens (tertiary/aromatic N) is 2. The lowest BCUT2D eigenvalue weighted by Crippen LogP contribution is -2.47. The van der Waals surface area contributed by atoms with Crippen LogP contribution < -0.4 is 15.4 Å². The van der Waals surface area contributed by atoms with Crippen molar-refractivity contribution in [1.29, 1.82) is 5.26 Å². The lowest BCUT2D eigenvalue weighted by Gasteiger charge is -2.36. The van der Waals surface area contributed by atoms with E-state index >= 15 is 0 Å². The fourth-order valence-corrected chi connectivity index (χ4v) is 7.56. The van der Waals surface area contributed by atoms with Crippen LogP contribution in [0.2, 0.25) is 0 Å². The average molecular weight is 887 g/mol. The van der Waals surface area contributed by atoms with Crippen LogP contribution in [0.25, 0.3) is 10.4 Å². The van der Waals surface area contributed by atoms with Gasteiger partial charge in [-0.1, -0.05) is 108 Å². The molecule has 2 saturated carbocycles. The molecule has 0 bridgehead atoms. The standard InChI is InChI=1S/C24H38N2O7S.C16H24N2O.C9H20/c1-4-28-7-8-29-9-10-30-11-12-31-13-14-32-15-16-33-23-17-21(24-20(2)26(3)34-24)5-6-22(23)18-25-19-27;1-11(12-6-5-7-12)13(15(2,3)4)18-14(19)16(10-17)8-9-16;1-4-5-6-7-8-9(2)3/h5-6,17,19H,4,7-16,18H2,1-3H3,(H,25,27);13H,5-9H2,1-4H3,(H,18,19);9H,4-8H2,1-3H3. The molecule has 0 saturated heterocycles. The van der Waals surface area contributed by atoms with Gasteiger partial charge < -0.3 is 43.0 Å². The Kier molecular flexibility index (Phi) is 27.2. The molecule has 13 heteroatoms. The number of carbonyl (C=O) groups excluding carboxylic acids is 2. The summed E-state index contributed by atoms with van der Waals surface area (Å²) in [7, 11) is 2.04. The fraction of sp³-hybridized carbons (Fsp3) is 0.735. The van der Waals surface area contributed by atoms with Gasteiger partial charge in [-0.2, -0.15) is 5.26 Å². The number of amides is 2. The highest BCUT2D eigenvalue weighted by Crippen LogP contribution is 2.46. The Balaban J connectivity index is 0.000000392. The number of rotatable bonds is 29. The molecule has 0 radical (unpaired) electrons. The van der Waals surface area contributed by atoms with Crippen LogP contribution in [0, 0.1) is 35.0 Å². The van der Waals surface area contributed by atoms with Gasteiger partial charge in [0, 0.05) is 31.5 Å². The van der Waals surface area contributed by atoms with E-state index in [1.807, 2.05) is 26.1 Å². The van der Waals surface area contributed by atoms with Gasteiger partial charge in [-0.05, 0) is 75.8 Å². The van der Waals surface area contributed by atoms with Crippen molar-refractivity contribution >= 4 is 23.8 Å². The van der Waals surface area contributed by atoms with Crippen LogP contribution in [0.1, 0.15) is 131 Å². The van der Waals surface area contributed by atoms with E-state index in [9.17, 15) is 9.59 Å². The monoisotopic (exact) mass is 887 g/mol. The normalized spacial score (nSPS) is 14.4. The van der Waals surface area contributed by atoms with Crippen molar-refractivity contribution in [1.82, 2.24) is 14.6 Å². The summed E-state index contributed by atoms with van der Waals surface area (Å²) in [6.45, 7) is 25.8. The minimum Gasteiger partial charge on any atom is -0.491 e. The number of aryl methyl sites for hydroxylation is 1. The number of nitriles is 1. The third-order valence-electron chi connectivity index (χ3n) is 11.0. The van der Waals surface area contributed by atoms with Gasteiger partial charge in [0.1, 0.15) is 17.8 Å². The van der Waals surface area contributed by atoms with Crippen molar-refractivity contribution in [3.8, 4) is 22.3 Å². The number of nitrogens with one attached hydrogen (secondary N) is 2. The Bertz CT molecular complexity index is 1610. The summed E-state index contributed by atoms with van der Waals surface area (Å²) in [4.78, 5) is 24.2. The molecule has 0 spiro atoms. The van der Waals surface area contributed by atoms with E-state index in [4.69, 9.17) is 33.7 Å². The quantitative estimate of drug-likeness (QED) is 0.0464. The van der Waals surface area contributed by atoms with Crippen molar-refractivity contribution in [2.45, 2.75) is 139 Å². The molecular formula is C49H82N4O8S. The highest BCUT2D eigenvalue weighted by atomic mass is 32.1. The second-order valence-corrected chi connectivity index (χ2v) is 18.8. The van der Waals surface area contributed by atoms with E-state index in [1.54, 1.807) is 11.5 Å². The molecule has 4 rings (SSSR count). The zero-order valence-corrected chi connectivity index (χ0v) is 40.9. The first-order valence-electron chi connectivity index (χ1n) is 23.1. The molecule has 1 aromatic heterocycles. The van der Waals surface area contributed by atoms with E-state index < -0.39 is 5.41 Å². The van der Waals surface area contributed by atoms with Gasteiger partial charge in [0.05, 0.1) is 76.5 Å². The van der Waals surface area contributed by atoms with Crippen LogP contribution >= 0.6 is 11.5 Å². The Hall–Kier alpha value is -3.25. The smallest absolute Gasteiger partial charge is 0.240 e. The molecule has 2 N–H and O–H groups in total. The SMILES string of the molecule is CC(=C1CCC1)C(NC(=O)C1(C#N)CC1)C(C)(C)C.CCCCCCC(C)C.CCOCCOCCOCCOCCOCCOc1cc(-c2sn(C)c2C)ccc1CNC=O. The molecule has 2 aromatic rings. The number of benzene rings is 1. The van der Waals surface area contributed by atoms with Crippen molar-refractivity contribution in [2.75, 3.05) is 72.7 Å². The fourth-order valence-electron chi connectivity index (χ4n) is 6.69. The third kappa shape index (κ3) is 21.0. The lowest BCUT2D eigenvalue weighted by molar-refractivity contribution is -0.125. The molecular weight excluding hydrogens is 805 g/mol. The summed E-state index contributed by atoms with van der Waals surface area (Å²) < 4.78 is 35.2. The summed E-state index contributed by atoms with van der Waals surface area (Å²) in [5, 5.41) is 15.0. The molecule has 2 amide bonds. The van der Waals surface area contributed by atoms with Gasteiger partial charge in [-0.25, -0.2) is 0 Å². The molecule has 12 nitrogen and oxygen atoms in total. The Morgan fingerprint density at radius 1 is 0.919 bits per heavy atom. The molecule has 2 fully saturated rings. The van der Waals surface area contributed by atoms with Crippen molar-refractivity contribution in [3.63, 3.8) is 0 Å². The van der Waals surface area contributed by atoms with Gasteiger partial charge in [0.25, 0.3) is 0 Å². The predicted octanol–water partition coefficient (Wildman–Crippen LogP) is 9.72. The summed E-state index contributed by atoms with van der Waals surface area (Å²) in [6, 6.07) is 8.29. The van der Waals surface area contributed by atoms with E-state index in [1.165, 1.54) is 60.2 Å². The second kappa shape index (κ2) is 30.8. The number of ether oxygens (including phenoxy) is 6. The highest BCUT2D eigenvalue weighted by molar-refractivity contribution is 7.11. The Morgan fingerprint density at radius 3 is 1.94 bits per heavy atom. The van der Waals surface area contributed by atoms with Crippen LogP contribution in [0.5, 0.6) is 5.75 Å². The Morgan fingerprint density at radius 2 is 1.50 bits per heavy atom. The maximum Gasteiger partial charge on any atom is 0.240 e. The van der Waals surface area contributed by atoms with Gasteiger partial charge >= 0.3 is 0 Å². The zero-order chi connectivity index (χ0) is 45.8. The average Bonchev–Trinajstić information content (AvgIpc) is 4.03. The van der Waals surface area contributed by atoms with E-state index in [2.05, 4.69) is 82.1 Å². The van der Waals surface area contributed by atoms with Gasteiger partial charge in [-0.15, -0.1) is 0 Å². The number of aromatic nitrogens is 1. The molecule has 1 aromatic carbocycles. The second-order valence-electron chi connectivity index (χ2n) is 17.7. The molecule has 2 aliphatic carbocycles. The zero-order valence-electron chi connectivity index (χ0n) is 40.1. The summed E-state index contributed by atoms with van der Waals surface area (Å²) in [6.07, 6.45) is 12.8. The first kappa shape index (κ1) is 54.9. The summed E-state index contributed by atoms with van der Waals surface area (Å²) in [5.41, 5.74) is 5.31. The predicted molar refractivity (Wildman–Crippen MR) is 250 cm³/mol. The first-order chi connectivity index (χ1) is 29.7. The number of hydrogen-bond acceptors (Lipinski definition) is 10. The van der Waals surface area contributed by atoms with Crippen molar-refractivity contribution < 1.29 is 38.0 Å². The molecule has 1 atom stereocenters. The molecule has 352 valence electrons. The van der Waals surface area contributed by atoms with E-state index in [0.29, 0.717) is 98.5 Å². The number of carbonyl (C=O) groups is 2. The number of unbranched alkanes of at least 4 members (excludes halogenated alkanes) is 3. The maximum atomic E-state index is 12.3. The number of allylic oxidation sites excluding steroid dienone is 1. The topological polar surface area (TPSA) is 142 Å². The molecule has 1 unspecified atom stereocenters. The van der Waals surface area contributed by atoms with Crippen LogP contribution in [-0.2, 0) is 46.9 Å². The van der Waals surface area contributed by atoms with Gasteiger partial charge in [-0.3, -0.25) is 9.59 Å². The van der Waals surface area contributed by atoms with Crippen LogP contribution in [0.15, 0.2) is 29.3 Å². The summed E-state index contributed by atoms with van der Waals surface area (Å²) >= 11 is 1.70. The molecule has 1 heterocycles. The van der Waals surface area contributed by atoms with Gasteiger partial charge in [0.15, 0.2) is 0 Å². The van der Waals surface area contributed by atoms with Crippen molar-refractivity contribution in [2.24, 2.45) is 23.8 Å². The van der Waals surface area contributed by atoms with E-state index in [-0.39, 0.29) is 17.4 Å². The van der Waals surface area contributed by atoms with Crippen LogP contribution in [0.3, 0.4) is 0 Å². The molecule has 62 heavy (non-hydrogen) atoms. The maximum absolute atomic E-state index is 12.3. The molecule has 2 aliphatic rings. The lowest BCUT2D eigenvalue weighted by atomic mass is 9.77. The van der Waals surface area contributed by atoms with Crippen LogP contribution in [-0.4, -0.2) is 95.0 Å². The first-order valence-corrected chi connectivity index (χ1v) is 23.9. The summed E-state index contributed by atoms with van der Waals surface area (Å²) in [5.74, 6) is 1.58. The highest BCUT2D eigenvalue weighted by Gasteiger charge is 2.51.